The normalized spacial score (nSPS) is 10.8. The molecule has 0 saturated carbocycles. The summed E-state index contributed by atoms with van der Waals surface area (Å²) in [7, 11) is 0. The molecule has 0 unspecified atom stereocenters. The van der Waals surface area contributed by atoms with E-state index in [1.54, 1.807) is 20.8 Å². The zero-order valence-electron chi connectivity index (χ0n) is 10.1. The van der Waals surface area contributed by atoms with Gasteiger partial charge in [-0.3, -0.25) is 0 Å². The minimum Gasteiger partial charge on any atom is -0.428 e. The summed E-state index contributed by atoms with van der Waals surface area (Å²) in [5.41, 5.74) is -0.0996. The molecule has 0 aliphatic rings. The Morgan fingerprint density at radius 3 is 2.24 bits per heavy atom. The number of rotatable bonds is 2. The van der Waals surface area contributed by atoms with Gasteiger partial charge in [-0.25, -0.2) is 9.18 Å². The lowest BCUT2D eigenvalue weighted by Crippen LogP contribution is -2.24. The summed E-state index contributed by atoms with van der Waals surface area (Å²) in [6.07, 6.45) is -0.827. The zero-order valence-corrected chi connectivity index (χ0v) is 10.1. The summed E-state index contributed by atoms with van der Waals surface area (Å²) in [5.74, 6) is -0.238. The van der Waals surface area contributed by atoms with Gasteiger partial charge in [-0.05, 0) is 45.0 Å². The van der Waals surface area contributed by atoms with Crippen molar-refractivity contribution in [2.45, 2.75) is 26.4 Å². The van der Waals surface area contributed by atoms with Gasteiger partial charge in [0.1, 0.15) is 17.2 Å². The molecule has 3 nitrogen and oxygen atoms in total. The second-order valence-electron chi connectivity index (χ2n) is 4.50. The maximum Gasteiger partial charge on any atom is 0.514 e. The van der Waals surface area contributed by atoms with Crippen LogP contribution >= 0.6 is 0 Å². The van der Waals surface area contributed by atoms with Gasteiger partial charge in [-0.15, -0.1) is 0 Å². The molecule has 4 heteroatoms. The largest absolute Gasteiger partial charge is 0.514 e. The quantitative estimate of drug-likeness (QED) is 0.581. The molecule has 0 amide bonds. The average Bonchev–Trinajstić information content (AvgIpc) is 2.15. The van der Waals surface area contributed by atoms with Gasteiger partial charge in [0.05, 0.1) is 0 Å². The Morgan fingerprint density at radius 1 is 1.24 bits per heavy atom. The van der Waals surface area contributed by atoms with Crippen LogP contribution < -0.4 is 0 Å². The Kier molecular flexibility index (Phi) is 3.89. The van der Waals surface area contributed by atoms with Crippen molar-refractivity contribution in [2.24, 2.45) is 0 Å². The van der Waals surface area contributed by atoms with E-state index in [1.807, 2.05) is 0 Å². The number of carbonyl (C=O) groups is 1. The molecule has 0 aromatic heterocycles. The highest BCUT2D eigenvalue weighted by molar-refractivity contribution is 5.72. The summed E-state index contributed by atoms with van der Waals surface area (Å²) in [6, 6.07) is 5.47. The minimum atomic E-state index is -0.827. The number of benzene rings is 1. The fourth-order valence-electron chi connectivity index (χ4n) is 1.07. The number of carbonyl (C=O) groups excluding carboxylic acids is 1. The van der Waals surface area contributed by atoms with Crippen molar-refractivity contribution in [2.75, 3.05) is 0 Å². The summed E-state index contributed by atoms with van der Waals surface area (Å²) < 4.78 is 22.5. The molecule has 0 aliphatic heterocycles. The number of ether oxygens (including phenoxy) is 2. The number of hydrogen-bond acceptors (Lipinski definition) is 3. The summed E-state index contributed by atoms with van der Waals surface area (Å²) in [5, 5.41) is 0. The maximum absolute atomic E-state index is 12.7. The van der Waals surface area contributed by atoms with Gasteiger partial charge in [0, 0.05) is 5.56 Å². The third kappa shape index (κ3) is 4.68. The third-order valence-corrected chi connectivity index (χ3v) is 1.76. The zero-order chi connectivity index (χ0) is 13.1. The molecular formula is C13H15FO3. The fraction of sp³-hybridized carbons (Fsp3) is 0.308. The van der Waals surface area contributed by atoms with Gasteiger partial charge < -0.3 is 9.47 Å². The molecule has 0 heterocycles. The Balaban J connectivity index is 2.61. The van der Waals surface area contributed by atoms with E-state index in [2.05, 4.69) is 6.58 Å². The highest BCUT2D eigenvalue weighted by Crippen LogP contribution is 2.17. The van der Waals surface area contributed by atoms with Gasteiger partial charge in [0.25, 0.3) is 0 Å². The lowest BCUT2D eigenvalue weighted by Gasteiger charge is -2.19. The first kappa shape index (κ1) is 13.2. The first-order valence-electron chi connectivity index (χ1n) is 5.13. The molecule has 0 N–H and O–H groups in total. The van der Waals surface area contributed by atoms with E-state index in [0.717, 1.165) is 0 Å². The first-order chi connectivity index (χ1) is 7.78. The Morgan fingerprint density at radius 2 is 1.76 bits per heavy atom. The SMILES string of the molecule is C=C(OC(=O)OC(C)(C)C)c1ccc(F)cc1. The van der Waals surface area contributed by atoms with Crippen LogP contribution in [0.15, 0.2) is 30.8 Å². The standard InChI is InChI=1S/C13H15FO3/c1-9(10-5-7-11(14)8-6-10)16-12(15)17-13(2,3)4/h5-8H,1H2,2-4H3. The van der Waals surface area contributed by atoms with Gasteiger partial charge in [-0.2, -0.15) is 0 Å². The third-order valence-electron chi connectivity index (χ3n) is 1.76. The summed E-state index contributed by atoms with van der Waals surface area (Å²) in [4.78, 5) is 11.3. The Bertz CT molecular complexity index is 415. The highest BCUT2D eigenvalue weighted by Gasteiger charge is 2.18. The number of hydrogen-bond donors (Lipinski definition) is 0. The van der Waals surface area contributed by atoms with E-state index in [-0.39, 0.29) is 11.6 Å². The van der Waals surface area contributed by atoms with Crippen LogP contribution in [0.5, 0.6) is 0 Å². The van der Waals surface area contributed by atoms with Gasteiger partial charge in [0.15, 0.2) is 0 Å². The molecule has 92 valence electrons. The summed E-state index contributed by atoms with van der Waals surface area (Å²) >= 11 is 0. The molecule has 17 heavy (non-hydrogen) atoms. The minimum absolute atomic E-state index is 0.124. The summed E-state index contributed by atoms with van der Waals surface area (Å²) in [6.45, 7) is 8.77. The molecule has 0 bridgehead atoms. The van der Waals surface area contributed by atoms with Crippen LogP contribution in [-0.4, -0.2) is 11.8 Å². The van der Waals surface area contributed by atoms with E-state index in [9.17, 15) is 9.18 Å². The van der Waals surface area contributed by atoms with Crippen molar-refractivity contribution < 1.29 is 18.7 Å². The van der Waals surface area contributed by atoms with Crippen molar-refractivity contribution >= 4 is 11.9 Å². The van der Waals surface area contributed by atoms with E-state index in [1.165, 1.54) is 24.3 Å². The molecule has 1 aromatic carbocycles. The lowest BCUT2D eigenvalue weighted by molar-refractivity contribution is 0.0149. The highest BCUT2D eigenvalue weighted by atomic mass is 19.1. The Hall–Kier alpha value is -1.84. The van der Waals surface area contributed by atoms with E-state index < -0.39 is 11.8 Å². The monoisotopic (exact) mass is 238 g/mol. The van der Waals surface area contributed by atoms with Crippen LogP contribution in [0.1, 0.15) is 26.3 Å². The predicted molar refractivity (Wildman–Crippen MR) is 62.8 cm³/mol. The van der Waals surface area contributed by atoms with Crippen molar-refractivity contribution in [1.29, 1.82) is 0 Å². The molecule has 0 saturated heterocycles. The van der Waals surface area contributed by atoms with Crippen LogP contribution in [0.3, 0.4) is 0 Å². The molecule has 0 radical (unpaired) electrons. The average molecular weight is 238 g/mol. The van der Waals surface area contributed by atoms with Crippen LogP contribution in [0.4, 0.5) is 9.18 Å². The van der Waals surface area contributed by atoms with Crippen LogP contribution in [-0.2, 0) is 9.47 Å². The second-order valence-corrected chi connectivity index (χ2v) is 4.50. The van der Waals surface area contributed by atoms with E-state index in [4.69, 9.17) is 9.47 Å². The molecule has 1 rings (SSSR count). The van der Waals surface area contributed by atoms with E-state index >= 15 is 0 Å². The molecule has 1 aromatic rings. The molecule has 0 fully saturated rings. The van der Waals surface area contributed by atoms with E-state index in [0.29, 0.717) is 5.56 Å². The van der Waals surface area contributed by atoms with Crippen molar-refractivity contribution in [3.63, 3.8) is 0 Å². The molecular weight excluding hydrogens is 223 g/mol. The van der Waals surface area contributed by atoms with Crippen molar-refractivity contribution in [3.05, 3.63) is 42.2 Å². The van der Waals surface area contributed by atoms with Crippen LogP contribution in [0, 0.1) is 5.82 Å². The molecule has 0 atom stereocenters. The second kappa shape index (κ2) is 4.99. The fourth-order valence-corrected chi connectivity index (χ4v) is 1.07. The predicted octanol–water partition coefficient (Wildman–Crippen LogP) is 3.75. The van der Waals surface area contributed by atoms with Gasteiger partial charge in [-0.1, -0.05) is 6.58 Å². The van der Waals surface area contributed by atoms with Gasteiger partial charge >= 0.3 is 6.16 Å². The van der Waals surface area contributed by atoms with Crippen LogP contribution in [0.25, 0.3) is 5.76 Å². The van der Waals surface area contributed by atoms with Gasteiger partial charge in [0.2, 0.25) is 0 Å². The van der Waals surface area contributed by atoms with Crippen molar-refractivity contribution in [1.82, 2.24) is 0 Å². The Labute approximate surface area is 99.9 Å². The lowest BCUT2D eigenvalue weighted by atomic mass is 10.2. The number of halogens is 1. The molecule has 0 spiro atoms. The van der Waals surface area contributed by atoms with Crippen molar-refractivity contribution in [3.8, 4) is 0 Å². The topological polar surface area (TPSA) is 35.5 Å². The van der Waals surface area contributed by atoms with Crippen LogP contribution in [0.2, 0.25) is 0 Å². The first-order valence-corrected chi connectivity index (χ1v) is 5.13. The molecule has 0 aliphatic carbocycles. The smallest absolute Gasteiger partial charge is 0.428 e. The maximum atomic E-state index is 12.7.